The zero-order chi connectivity index (χ0) is 20.8. The Morgan fingerprint density at radius 2 is 1.79 bits per heavy atom. The van der Waals surface area contributed by atoms with Crippen LogP contribution in [0.3, 0.4) is 0 Å². The molecule has 0 bridgehead atoms. The number of hydrogen-bond acceptors (Lipinski definition) is 7. The van der Waals surface area contributed by atoms with Crippen molar-refractivity contribution >= 4 is 34.9 Å². The van der Waals surface area contributed by atoms with Gasteiger partial charge >= 0.3 is 11.7 Å². The summed E-state index contributed by atoms with van der Waals surface area (Å²) >= 11 is 5.76. The van der Waals surface area contributed by atoms with E-state index >= 15 is 0 Å². The van der Waals surface area contributed by atoms with E-state index in [-0.39, 0.29) is 28.0 Å². The second-order valence-corrected chi connectivity index (χ2v) is 5.52. The van der Waals surface area contributed by atoms with Gasteiger partial charge in [-0.05, 0) is 18.2 Å². The Labute approximate surface area is 162 Å². The Kier molecular flexibility index (Phi) is 6.45. The molecule has 0 aromatic heterocycles. The van der Waals surface area contributed by atoms with Crippen molar-refractivity contribution in [3.63, 3.8) is 0 Å². The van der Waals surface area contributed by atoms with E-state index in [0.717, 1.165) is 12.1 Å². The zero-order valence-electron chi connectivity index (χ0n) is 14.5. The molecule has 0 aliphatic heterocycles. The van der Waals surface area contributed by atoms with Crippen molar-refractivity contribution in [1.82, 2.24) is 5.32 Å². The topological polar surface area (TPSA) is 146 Å². The van der Waals surface area contributed by atoms with Gasteiger partial charge in [-0.1, -0.05) is 11.6 Å². The van der Waals surface area contributed by atoms with Gasteiger partial charge in [0.05, 0.1) is 17.0 Å². The van der Waals surface area contributed by atoms with E-state index in [2.05, 4.69) is 10.3 Å². The lowest BCUT2D eigenvalue weighted by Gasteiger charge is -2.10. The summed E-state index contributed by atoms with van der Waals surface area (Å²) in [5.41, 5.74) is -0.939. The maximum atomic E-state index is 11.5. The first-order valence-corrected chi connectivity index (χ1v) is 7.89. The average Bonchev–Trinajstić information content (AvgIpc) is 2.66. The molecule has 0 aliphatic rings. The first-order chi connectivity index (χ1) is 13.3. The van der Waals surface area contributed by atoms with Gasteiger partial charge in [-0.3, -0.25) is 20.2 Å². The number of nitrogens with zero attached hydrogens (tertiary/aromatic N) is 3. The lowest BCUT2D eigenvalue weighted by molar-refractivity contribution is -0.385. The van der Waals surface area contributed by atoms with Gasteiger partial charge in [-0.2, -0.15) is 4.99 Å². The Morgan fingerprint density at radius 3 is 2.36 bits per heavy atom. The molecule has 146 valence electrons. The van der Waals surface area contributed by atoms with Crippen molar-refractivity contribution in [3.8, 4) is 11.5 Å². The molecule has 0 spiro atoms. The van der Waals surface area contributed by atoms with Gasteiger partial charge in [0.1, 0.15) is 11.3 Å². The number of hydrogen-bond donors (Lipinski definition) is 1. The summed E-state index contributed by atoms with van der Waals surface area (Å²) in [6.07, 6.45) is 0. The number of carbonyl (C=O) groups excluding carboxylic acids is 1. The molecule has 0 atom stereocenters. The van der Waals surface area contributed by atoms with Gasteiger partial charge in [-0.25, -0.2) is 4.79 Å². The number of halogens is 1. The molecule has 0 radical (unpaired) electrons. The van der Waals surface area contributed by atoms with Crippen LogP contribution in [0.1, 0.15) is 5.56 Å². The van der Waals surface area contributed by atoms with E-state index < -0.39 is 27.3 Å². The van der Waals surface area contributed by atoms with Crippen LogP contribution in [0, 0.1) is 20.2 Å². The molecule has 2 amide bonds. The van der Waals surface area contributed by atoms with Crippen LogP contribution in [-0.2, 0) is 4.74 Å². The predicted molar refractivity (Wildman–Crippen MR) is 99.3 cm³/mol. The second-order valence-electron chi connectivity index (χ2n) is 5.08. The number of benzene rings is 2. The van der Waals surface area contributed by atoms with Crippen molar-refractivity contribution < 1.29 is 24.1 Å². The average molecular weight is 409 g/mol. The van der Waals surface area contributed by atoms with E-state index in [0.29, 0.717) is 0 Å². The maximum Gasteiger partial charge on any atom is 0.343 e. The highest BCUT2D eigenvalue weighted by molar-refractivity contribution is 6.30. The highest BCUT2D eigenvalue weighted by Gasteiger charge is 2.23. The van der Waals surface area contributed by atoms with Crippen LogP contribution in [-0.4, -0.2) is 35.9 Å². The minimum atomic E-state index is -0.786. The van der Waals surface area contributed by atoms with Crippen molar-refractivity contribution in [2.75, 3.05) is 14.2 Å². The Hall–Kier alpha value is -3.73. The lowest BCUT2D eigenvalue weighted by atomic mass is 10.1. The molecule has 2 aromatic carbocycles. The third-order valence-corrected chi connectivity index (χ3v) is 3.59. The number of ether oxygens (including phenoxy) is 2. The fourth-order valence-corrected chi connectivity index (χ4v) is 2.29. The van der Waals surface area contributed by atoms with Crippen LogP contribution < -0.4 is 10.1 Å². The maximum absolute atomic E-state index is 11.5. The van der Waals surface area contributed by atoms with E-state index in [1.165, 1.54) is 38.4 Å². The predicted octanol–water partition coefficient (Wildman–Crippen LogP) is 3.68. The summed E-state index contributed by atoms with van der Waals surface area (Å²) < 4.78 is 10.5. The minimum absolute atomic E-state index is 0.0210. The summed E-state index contributed by atoms with van der Waals surface area (Å²) in [4.78, 5) is 36.2. The molecule has 2 aromatic rings. The fraction of sp³-hybridized carbons (Fsp3) is 0.125. The van der Waals surface area contributed by atoms with Gasteiger partial charge in [0.2, 0.25) is 11.6 Å². The van der Waals surface area contributed by atoms with Crippen molar-refractivity contribution in [2.24, 2.45) is 4.99 Å². The van der Waals surface area contributed by atoms with Crippen molar-refractivity contribution in [2.45, 2.75) is 0 Å². The summed E-state index contributed by atoms with van der Waals surface area (Å²) in [6, 6.07) is 6.53. The lowest BCUT2D eigenvalue weighted by Crippen LogP contribution is -2.17. The number of carbonyl (C=O) groups is 1. The van der Waals surface area contributed by atoms with Crippen LogP contribution in [0.15, 0.2) is 41.4 Å². The summed E-state index contributed by atoms with van der Waals surface area (Å²) in [7, 11) is 2.51. The van der Waals surface area contributed by atoms with Gasteiger partial charge in [-0.15, -0.1) is 0 Å². The number of nitrogens with one attached hydrogen (secondary N) is 1. The van der Waals surface area contributed by atoms with Crippen molar-refractivity contribution in [3.05, 3.63) is 67.2 Å². The first-order valence-electron chi connectivity index (χ1n) is 7.51. The van der Waals surface area contributed by atoms with Gasteiger partial charge in [0.15, 0.2) is 0 Å². The molecular formula is C16H13ClN4O7. The molecule has 1 N–H and O–H groups in total. The molecule has 0 saturated carbocycles. The number of rotatable bonds is 5. The highest BCUT2D eigenvalue weighted by atomic mass is 35.5. The normalized spacial score (nSPS) is 10.9. The molecule has 0 aliphatic carbocycles. The van der Waals surface area contributed by atoms with Crippen molar-refractivity contribution in [1.29, 1.82) is 0 Å². The molecule has 0 fully saturated rings. The third-order valence-electron chi connectivity index (χ3n) is 3.35. The number of aliphatic imine (C=N–C) groups is 1. The van der Waals surface area contributed by atoms with E-state index in [1.807, 2.05) is 0 Å². The first kappa shape index (κ1) is 20.6. The Balaban J connectivity index is 2.54. The molecule has 0 unspecified atom stereocenters. The molecule has 11 nitrogen and oxygen atoms in total. The molecule has 0 saturated heterocycles. The summed E-state index contributed by atoms with van der Waals surface area (Å²) in [6.45, 7) is 0. The summed E-state index contributed by atoms with van der Waals surface area (Å²) in [5, 5.41) is 24.8. The van der Waals surface area contributed by atoms with Crippen LogP contribution >= 0.6 is 11.6 Å². The monoisotopic (exact) mass is 408 g/mol. The standard InChI is InChI=1S/C16H13ClN4O7/c1-18-16(22)19-15(27-2)11-8-10(4-5-12(11)20(23)24)28-14-6-3-9(17)7-13(14)21(25)26/h3-8H,1-2H3,(H,18,22). The largest absolute Gasteiger partial charge is 0.480 e. The Bertz CT molecular complexity index is 977. The number of nitro benzene ring substituents is 2. The SMILES string of the molecule is CNC(=O)N=C(OC)c1cc(Oc2ccc(Cl)cc2[N+](=O)[O-])ccc1[N+](=O)[O-]. The second kappa shape index (κ2) is 8.77. The molecule has 12 heteroatoms. The van der Waals surface area contributed by atoms with Gasteiger partial charge in [0, 0.05) is 30.3 Å². The molecular weight excluding hydrogens is 396 g/mol. The zero-order valence-corrected chi connectivity index (χ0v) is 15.3. The molecule has 0 heterocycles. The van der Waals surface area contributed by atoms with Crippen LogP contribution in [0.2, 0.25) is 5.02 Å². The number of urea groups is 1. The Morgan fingerprint density at radius 1 is 1.11 bits per heavy atom. The molecule has 28 heavy (non-hydrogen) atoms. The number of methoxy groups -OCH3 is 1. The van der Waals surface area contributed by atoms with E-state index in [9.17, 15) is 25.0 Å². The van der Waals surface area contributed by atoms with Crippen LogP contribution in [0.4, 0.5) is 16.2 Å². The van der Waals surface area contributed by atoms with Gasteiger partial charge in [0.25, 0.3) is 5.69 Å². The quantitative estimate of drug-likeness (QED) is 0.343. The minimum Gasteiger partial charge on any atom is -0.480 e. The molecule has 2 rings (SSSR count). The summed E-state index contributed by atoms with van der Waals surface area (Å²) in [5.74, 6) is -0.439. The highest BCUT2D eigenvalue weighted by Crippen LogP contribution is 2.35. The van der Waals surface area contributed by atoms with Gasteiger partial charge < -0.3 is 14.8 Å². The number of amides is 2. The smallest absolute Gasteiger partial charge is 0.343 e. The van der Waals surface area contributed by atoms with Crippen LogP contribution in [0.5, 0.6) is 11.5 Å². The van der Waals surface area contributed by atoms with E-state index in [4.69, 9.17) is 21.1 Å². The van der Waals surface area contributed by atoms with E-state index in [1.54, 1.807) is 0 Å². The van der Waals surface area contributed by atoms with Crippen LogP contribution in [0.25, 0.3) is 0 Å². The third kappa shape index (κ3) is 4.71. The fourth-order valence-electron chi connectivity index (χ4n) is 2.12. The number of nitro groups is 2.